The molecule has 2 saturated heterocycles. The Hall–Kier alpha value is -1.39. The minimum Gasteiger partial charge on any atom is -0.459 e. The van der Waals surface area contributed by atoms with Crippen LogP contribution < -0.4 is 10.6 Å². The van der Waals surface area contributed by atoms with Crippen LogP contribution in [-0.2, 0) is 11.3 Å². The number of hydrogen-bond acceptors (Lipinski definition) is 4. The molecule has 0 amide bonds. The van der Waals surface area contributed by atoms with E-state index in [9.17, 15) is 4.39 Å². The number of ether oxygens (including phenoxy) is 1. The number of likely N-dealkylation sites (tertiary alicyclic amines) is 1. The van der Waals surface area contributed by atoms with Crippen molar-refractivity contribution >= 4 is 40.9 Å². The van der Waals surface area contributed by atoms with Gasteiger partial charge in [0.1, 0.15) is 23.7 Å². The Balaban J connectivity index is 0.00000272. The molecule has 1 unspecified atom stereocenters. The van der Waals surface area contributed by atoms with E-state index in [0.29, 0.717) is 24.1 Å². The second-order valence-corrected chi connectivity index (χ2v) is 8.43. The van der Waals surface area contributed by atoms with Crippen LogP contribution >= 0.6 is 24.0 Å². The molecule has 2 N–H and O–H groups in total. The Morgan fingerprint density at radius 3 is 2.77 bits per heavy atom. The molecule has 0 aliphatic carbocycles. The molecule has 3 heterocycles. The van der Waals surface area contributed by atoms with Crippen LogP contribution in [0.1, 0.15) is 37.5 Å². The van der Waals surface area contributed by atoms with Gasteiger partial charge in [0, 0.05) is 49.8 Å². The Bertz CT molecular complexity index is 874. The molecule has 2 aromatic rings. The predicted octanol–water partition coefficient (Wildman–Crippen LogP) is 4.05. The van der Waals surface area contributed by atoms with Crippen molar-refractivity contribution in [2.45, 2.75) is 45.7 Å². The largest absolute Gasteiger partial charge is 0.459 e. The third-order valence-corrected chi connectivity index (χ3v) is 6.19. The van der Waals surface area contributed by atoms with Gasteiger partial charge in [0.15, 0.2) is 5.96 Å². The van der Waals surface area contributed by atoms with Crippen LogP contribution in [0.5, 0.6) is 0 Å². The number of benzene rings is 1. The summed E-state index contributed by atoms with van der Waals surface area (Å²) in [6.45, 7) is 10.5. The standard InChI is InChI=1S/C23H33FN4O2.HI/c1-3-25-23(26-13-22-16(2)20-12-18(24)4-5-21(20)30-22)27-19-6-9-28(10-7-19)14-17-8-11-29-15-17;/h4-5,12,17,19H,3,6-11,13-15H2,1-2H3,(H2,25,26,27);1H. The van der Waals surface area contributed by atoms with E-state index in [1.165, 1.54) is 18.6 Å². The molecule has 8 heteroatoms. The van der Waals surface area contributed by atoms with Crippen molar-refractivity contribution in [2.24, 2.45) is 10.9 Å². The Morgan fingerprint density at radius 1 is 1.26 bits per heavy atom. The third-order valence-electron chi connectivity index (χ3n) is 6.19. The van der Waals surface area contributed by atoms with Gasteiger partial charge in [0.25, 0.3) is 0 Å². The number of halogens is 2. The second-order valence-electron chi connectivity index (χ2n) is 8.43. The highest BCUT2D eigenvalue weighted by Crippen LogP contribution is 2.26. The molecule has 31 heavy (non-hydrogen) atoms. The number of piperidine rings is 1. The SMILES string of the molecule is CCNC(=NCc1oc2ccc(F)cc2c1C)NC1CCN(CC2CCOC2)CC1.I. The Kier molecular flexibility index (Phi) is 8.97. The summed E-state index contributed by atoms with van der Waals surface area (Å²) in [5.74, 6) is 2.05. The Morgan fingerprint density at radius 2 is 2.06 bits per heavy atom. The first kappa shape index (κ1) is 24.3. The number of rotatable bonds is 6. The molecule has 172 valence electrons. The highest BCUT2D eigenvalue weighted by Gasteiger charge is 2.24. The first-order chi connectivity index (χ1) is 14.6. The molecule has 0 spiro atoms. The van der Waals surface area contributed by atoms with Crippen molar-refractivity contribution in [3.05, 3.63) is 35.3 Å². The monoisotopic (exact) mass is 544 g/mol. The summed E-state index contributed by atoms with van der Waals surface area (Å²) in [5.41, 5.74) is 1.66. The van der Waals surface area contributed by atoms with Crippen molar-refractivity contribution in [3.63, 3.8) is 0 Å². The highest BCUT2D eigenvalue weighted by atomic mass is 127. The third kappa shape index (κ3) is 6.32. The first-order valence-corrected chi connectivity index (χ1v) is 11.1. The zero-order valence-electron chi connectivity index (χ0n) is 18.5. The Labute approximate surface area is 201 Å². The molecule has 0 saturated carbocycles. The van der Waals surface area contributed by atoms with Crippen LogP contribution in [0.3, 0.4) is 0 Å². The fourth-order valence-electron chi connectivity index (χ4n) is 4.41. The molecule has 6 nitrogen and oxygen atoms in total. The molecule has 4 rings (SSSR count). The van der Waals surface area contributed by atoms with Gasteiger partial charge in [0.05, 0.1) is 6.61 Å². The zero-order chi connectivity index (χ0) is 20.9. The maximum absolute atomic E-state index is 13.5. The van der Waals surface area contributed by atoms with Gasteiger partial charge in [-0.25, -0.2) is 9.38 Å². The van der Waals surface area contributed by atoms with Crippen molar-refractivity contribution in [2.75, 3.05) is 39.4 Å². The summed E-state index contributed by atoms with van der Waals surface area (Å²) in [6, 6.07) is 5.05. The second kappa shape index (κ2) is 11.5. The molecule has 1 atom stereocenters. The number of fused-ring (bicyclic) bond motifs is 1. The number of guanidine groups is 1. The van der Waals surface area contributed by atoms with E-state index in [1.807, 2.05) is 6.92 Å². The first-order valence-electron chi connectivity index (χ1n) is 11.1. The lowest BCUT2D eigenvalue weighted by Crippen LogP contribution is -2.49. The number of hydrogen-bond donors (Lipinski definition) is 2. The lowest BCUT2D eigenvalue weighted by molar-refractivity contribution is 0.150. The van der Waals surface area contributed by atoms with Crippen LogP contribution in [0.25, 0.3) is 11.0 Å². The quantitative estimate of drug-likeness (QED) is 0.327. The normalized spacial score (nSPS) is 20.7. The van der Waals surface area contributed by atoms with Crippen molar-refractivity contribution < 1.29 is 13.5 Å². The maximum atomic E-state index is 13.5. The molecular weight excluding hydrogens is 510 g/mol. The minimum atomic E-state index is -0.247. The van der Waals surface area contributed by atoms with Crippen molar-refractivity contribution in [1.29, 1.82) is 0 Å². The highest BCUT2D eigenvalue weighted by molar-refractivity contribution is 14.0. The van der Waals surface area contributed by atoms with Gasteiger partial charge < -0.3 is 24.7 Å². The molecule has 0 bridgehead atoms. The molecular formula is C23H34FIN4O2. The van der Waals surface area contributed by atoms with Crippen molar-refractivity contribution in [3.8, 4) is 0 Å². The summed E-state index contributed by atoms with van der Waals surface area (Å²) < 4.78 is 25.0. The van der Waals surface area contributed by atoms with E-state index >= 15 is 0 Å². The van der Waals surface area contributed by atoms with Gasteiger partial charge in [-0.05, 0) is 57.2 Å². The summed E-state index contributed by atoms with van der Waals surface area (Å²) in [5, 5.41) is 7.75. The van der Waals surface area contributed by atoms with E-state index in [0.717, 1.165) is 74.9 Å². The van der Waals surface area contributed by atoms with E-state index in [-0.39, 0.29) is 29.8 Å². The fourth-order valence-corrected chi connectivity index (χ4v) is 4.41. The minimum absolute atomic E-state index is 0. The molecule has 2 aliphatic rings. The molecule has 1 aromatic heterocycles. The average Bonchev–Trinajstić information content (AvgIpc) is 3.36. The summed E-state index contributed by atoms with van der Waals surface area (Å²) in [6.07, 6.45) is 3.42. The lowest BCUT2D eigenvalue weighted by atomic mass is 10.0. The van der Waals surface area contributed by atoms with E-state index in [1.54, 1.807) is 6.07 Å². The van der Waals surface area contributed by atoms with Gasteiger partial charge in [-0.2, -0.15) is 0 Å². The van der Waals surface area contributed by atoms with Gasteiger partial charge in [-0.15, -0.1) is 24.0 Å². The van der Waals surface area contributed by atoms with Gasteiger partial charge in [-0.1, -0.05) is 0 Å². The smallest absolute Gasteiger partial charge is 0.191 e. The molecule has 2 fully saturated rings. The van der Waals surface area contributed by atoms with Crippen molar-refractivity contribution in [1.82, 2.24) is 15.5 Å². The molecule has 2 aliphatic heterocycles. The lowest BCUT2D eigenvalue weighted by Gasteiger charge is -2.34. The molecule has 1 aromatic carbocycles. The van der Waals surface area contributed by atoms with Crippen LogP contribution in [0.2, 0.25) is 0 Å². The van der Waals surface area contributed by atoms with Crippen LogP contribution in [0, 0.1) is 18.7 Å². The van der Waals surface area contributed by atoms with Gasteiger partial charge >= 0.3 is 0 Å². The van der Waals surface area contributed by atoms with Crippen LogP contribution in [-0.4, -0.2) is 56.3 Å². The van der Waals surface area contributed by atoms with Gasteiger partial charge in [-0.3, -0.25) is 0 Å². The number of aryl methyl sites for hydroxylation is 1. The predicted molar refractivity (Wildman–Crippen MR) is 133 cm³/mol. The molecule has 0 radical (unpaired) electrons. The number of aliphatic imine (C=N–C) groups is 1. The zero-order valence-corrected chi connectivity index (χ0v) is 20.8. The summed E-state index contributed by atoms with van der Waals surface area (Å²) in [7, 11) is 0. The van der Waals surface area contributed by atoms with Crippen LogP contribution in [0.4, 0.5) is 4.39 Å². The fraction of sp³-hybridized carbons (Fsp3) is 0.609. The number of furan rings is 1. The van der Waals surface area contributed by atoms with Crippen LogP contribution in [0.15, 0.2) is 27.6 Å². The van der Waals surface area contributed by atoms with E-state index in [2.05, 4.69) is 22.5 Å². The topological polar surface area (TPSA) is 62.0 Å². The summed E-state index contributed by atoms with van der Waals surface area (Å²) >= 11 is 0. The van der Waals surface area contributed by atoms with E-state index in [4.69, 9.17) is 14.1 Å². The summed E-state index contributed by atoms with van der Waals surface area (Å²) in [4.78, 5) is 7.30. The van der Waals surface area contributed by atoms with Gasteiger partial charge in [0.2, 0.25) is 0 Å². The number of nitrogens with one attached hydrogen (secondary N) is 2. The van der Waals surface area contributed by atoms with E-state index < -0.39 is 0 Å². The average molecular weight is 544 g/mol. The maximum Gasteiger partial charge on any atom is 0.191 e. The number of nitrogens with zero attached hydrogens (tertiary/aromatic N) is 2.